The molecule has 1 heterocycles. The summed E-state index contributed by atoms with van der Waals surface area (Å²) in [6.45, 7) is 7.78. The van der Waals surface area contributed by atoms with E-state index in [9.17, 15) is 14.0 Å². The topological polar surface area (TPSA) is 70.7 Å². The van der Waals surface area contributed by atoms with Gasteiger partial charge in [0.15, 0.2) is 0 Å². The first-order chi connectivity index (χ1) is 14.4. The standard InChI is InChI=1S/C23H28FN3O3/c1-16(2)21(26-22(28)18-6-8-19(24)9-7-18)23(29)25-20-5-3-4-17(14-20)15-27-10-12-30-13-11-27/h3-9,14,16,21H,10-13,15H2,1-2H3,(H,25,29)(H,26,28). The van der Waals surface area contributed by atoms with Gasteiger partial charge in [-0.1, -0.05) is 26.0 Å². The van der Waals surface area contributed by atoms with Crippen molar-refractivity contribution >= 4 is 17.5 Å². The van der Waals surface area contributed by atoms with Crippen LogP contribution in [0.15, 0.2) is 48.5 Å². The number of hydrogen-bond donors (Lipinski definition) is 2. The Balaban J connectivity index is 1.63. The molecule has 0 aromatic heterocycles. The first-order valence-electron chi connectivity index (χ1n) is 10.2. The number of carbonyl (C=O) groups is 2. The Hall–Kier alpha value is -2.77. The smallest absolute Gasteiger partial charge is 0.251 e. The van der Waals surface area contributed by atoms with E-state index in [0.717, 1.165) is 38.4 Å². The minimum Gasteiger partial charge on any atom is -0.379 e. The quantitative estimate of drug-likeness (QED) is 0.732. The predicted octanol–water partition coefficient (Wildman–Crippen LogP) is 3.05. The van der Waals surface area contributed by atoms with Gasteiger partial charge < -0.3 is 15.4 Å². The number of amides is 2. The first kappa shape index (κ1) is 21.9. The lowest BCUT2D eigenvalue weighted by atomic mass is 10.0. The number of morpholine rings is 1. The van der Waals surface area contributed by atoms with E-state index in [1.807, 2.05) is 38.1 Å². The van der Waals surface area contributed by atoms with Crippen molar-refractivity contribution in [2.45, 2.75) is 26.4 Å². The molecule has 2 aromatic carbocycles. The maximum Gasteiger partial charge on any atom is 0.251 e. The number of carbonyl (C=O) groups excluding carboxylic acids is 2. The second-order valence-electron chi connectivity index (χ2n) is 7.78. The van der Waals surface area contributed by atoms with Gasteiger partial charge >= 0.3 is 0 Å². The molecule has 0 aliphatic carbocycles. The van der Waals surface area contributed by atoms with Crippen LogP contribution >= 0.6 is 0 Å². The summed E-state index contributed by atoms with van der Waals surface area (Å²) in [5.41, 5.74) is 2.10. The molecule has 6 nitrogen and oxygen atoms in total. The number of hydrogen-bond acceptors (Lipinski definition) is 4. The molecule has 2 aromatic rings. The normalized spacial score (nSPS) is 15.6. The molecule has 1 unspecified atom stereocenters. The fourth-order valence-corrected chi connectivity index (χ4v) is 3.35. The SMILES string of the molecule is CC(C)C(NC(=O)c1ccc(F)cc1)C(=O)Nc1cccc(CN2CCOCC2)c1. The average molecular weight is 413 g/mol. The van der Waals surface area contributed by atoms with Gasteiger partial charge in [0.05, 0.1) is 13.2 Å². The van der Waals surface area contributed by atoms with Crippen LogP contribution in [-0.2, 0) is 16.1 Å². The summed E-state index contributed by atoms with van der Waals surface area (Å²) < 4.78 is 18.5. The van der Waals surface area contributed by atoms with Crippen molar-refractivity contribution in [3.05, 3.63) is 65.5 Å². The highest BCUT2D eigenvalue weighted by atomic mass is 19.1. The molecule has 160 valence electrons. The molecule has 0 radical (unpaired) electrons. The summed E-state index contributed by atoms with van der Waals surface area (Å²) in [6, 6.07) is 12.2. The lowest BCUT2D eigenvalue weighted by Crippen LogP contribution is -2.47. The van der Waals surface area contributed by atoms with Gasteiger partial charge in [-0.3, -0.25) is 14.5 Å². The third-order valence-electron chi connectivity index (χ3n) is 5.05. The van der Waals surface area contributed by atoms with Crippen molar-refractivity contribution in [3.63, 3.8) is 0 Å². The summed E-state index contributed by atoms with van der Waals surface area (Å²) in [5, 5.41) is 5.67. The predicted molar refractivity (Wildman–Crippen MR) is 114 cm³/mol. The van der Waals surface area contributed by atoms with Crippen LogP contribution in [-0.4, -0.2) is 49.1 Å². The number of nitrogens with one attached hydrogen (secondary N) is 2. The highest BCUT2D eigenvalue weighted by Gasteiger charge is 2.25. The molecule has 2 amide bonds. The van der Waals surface area contributed by atoms with Crippen LogP contribution in [0.2, 0.25) is 0 Å². The van der Waals surface area contributed by atoms with Gasteiger partial charge in [-0.15, -0.1) is 0 Å². The fourth-order valence-electron chi connectivity index (χ4n) is 3.35. The van der Waals surface area contributed by atoms with Gasteiger partial charge in [-0.05, 0) is 47.9 Å². The van der Waals surface area contributed by atoms with E-state index in [2.05, 4.69) is 15.5 Å². The van der Waals surface area contributed by atoms with Crippen LogP contribution in [0.4, 0.5) is 10.1 Å². The van der Waals surface area contributed by atoms with E-state index < -0.39 is 17.8 Å². The largest absolute Gasteiger partial charge is 0.379 e. The number of ether oxygens (including phenoxy) is 1. The Kier molecular flexibility index (Phi) is 7.54. The Morgan fingerprint density at radius 3 is 2.47 bits per heavy atom. The van der Waals surface area contributed by atoms with Crippen molar-refractivity contribution in [1.82, 2.24) is 10.2 Å². The number of rotatable bonds is 7. The van der Waals surface area contributed by atoms with E-state index in [1.54, 1.807) is 0 Å². The summed E-state index contributed by atoms with van der Waals surface area (Å²) >= 11 is 0. The van der Waals surface area contributed by atoms with Crippen LogP contribution in [0, 0.1) is 11.7 Å². The lowest BCUT2D eigenvalue weighted by Gasteiger charge is -2.26. The van der Waals surface area contributed by atoms with Crippen LogP contribution in [0.5, 0.6) is 0 Å². The zero-order valence-corrected chi connectivity index (χ0v) is 17.4. The minimum absolute atomic E-state index is 0.120. The Morgan fingerprint density at radius 1 is 1.10 bits per heavy atom. The maximum atomic E-state index is 13.1. The van der Waals surface area contributed by atoms with Gasteiger partial charge in [0.2, 0.25) is 5.91 Å². The lowest BCUT2D eigenvalue weighted by molar-refractivity contribution is -0.118. The fraction of sp³-hybridized carbons (Fsp3) is 0.391. The number of anilines is 1. The summed E-state index contributed by atoms with van der Waals surface area (Å²) in [6.07, 6.45) is 0. The summed E-state index contributed by atoms with van der Waals surface area (Å²) in [4.78, 5) is 27.6. The molecule has 0 saturated carbocycles. The Labute approximate surface area is 176 Å². The van der Waals surface area contributed by atoms with Crippen LogP contribution in [0.25, 0.3) is 0 Å². The van der Waals surface area contributed by atoms with E-state index in [1.165, 1.54) is 24.3 Å². The molecule has 0 spiro atoms. The van der Waals surface area contributed by atoms with Crippen molar-refractivity contribution < 1.29 is 18.7 Å². The first-order valence-corrected chi connectivity index (χ1v) is 10.2. The molecule has 30 heavy (non-hydrogen) atoms. The molecule has 1 atom stereocenters. The highest BCUT2D eigenvalue weighted by Crippen LogP contribution is 2.15. The summed E-state index contributed by atoms with van der Waals surface area (Å²) in [7, 11) is 0. The molecular weight excluding hydrogens is 385 g/mol. The monoisotopic (exact) mass is 413 g/mol. The Bertz CT molecular complexity index is 864. The molecule has 1 aliphatic heterocycles. The van der Waals surface area contributed by atoms with Gasteiger partial charge in [0.1, 0.15) is 11.9 Å². The van der Waals surface area contributed by atoms with Crippen molar-refractivity contribution in [3.8, 4) is 0 Å². The van der Waals surface area contributed by atoms with E-state index in [-0.39, 0.29) is 11.8 Å². The molecule has 3 rings (SSSR count). The molecule has 1 aliphatic rings. The molecule has 0 bridgehead atoms. The van der Waals surface area contributed by atoms with Gasteiger partial charge in [0, 0.05) is 30.9 Å². The van der Waals surface area contributed by atoms with E-state index >= 15 is 0 Å². The second-order valence-corrected chi connectivity index (χ2v) is 7.78. The molecule has 1 saturated heterocycles. The van der Waals surface area contributed by atoms with Crippen molar-refractivity contribution in [1.29, 1.82) is 0 Å². The van der Waals surface area contributed by atoms with Gasteiger partial charge in [0.25, 0.3) is 5.91 Å². The Morgan fingerprint density at radius 2 is 1.80 bits per heavy atom. The average Bonchev–Trinajstić information content (AvgIpc) is 2.73. The van der Waals surface area contributed by atoms with E-state index in [4.69, 9.17) is 4.74 Å². The van der Waals surface area contributed by atoms with Crippen LogP contribution in [0.1, 0.15) is 29.8 Å². The van der Waals surface area contributed by atoms with Gasteiger partial charge in [-0.2, -0.15) is 0 Å². The minimum atomic E-state index is -0.717. The van der Waals surface area contributed by atoms with Crippen molar-refractivity contribution in [2.24, 2.45) is 5.92 Å². The third-order valence-corrected chi connectivity index (χ3v) is 5.05. The number of benzene rings is 2. The van der Waals surface area contributed by atoms with E-state index in [0.29, 0.717) is 11.3 Å². The molecule has 2 N–H and O–H groups in total. The molecule has 7 heteroatoms. The zero-order valence-electron chi connectivity index (χ0n) is 17.4. The number of nitrogens with zero attached hydrogens (tertiary/aromatic N) is 1. The molecule has 1 fully saturated rings. The van der Waals surface area contributed by atoms with Crippen molar-refractivity contribution in [2.75, 3.05) is 31.6 Å². The third kappa shape index (κ3) is 6.11. The van der Waals surface area contributed by atoms with Crippen LogP contribution < -0.4 is 10.6 Å². The number of halogens is 1. The second kappa shape index (κ2) is 10.3. The molecular formula is C23H28FN3O3. The zero-order chi connectivity index (χ0) is 21.5. The summed E-state index contributed by atoms with van der Waals surface area (Å²) in [5.74, 6) is -1.23. The maximum absolute atomic E-state index is 13.1. The van der Waals surface area contributed by atoms with Crippen LogP contribution in [0.3, 0.4) is 0 Å². The van der Waals surface area contributed by atoms with Gasteiger partial charge in [-0.25, -0.2) is 4.39 Å². The highest BCUT2D eigenvalue weighted by molar-refractivity contribution is 6.01.